The van der Waals surface area contributed by atoms with E-state index in [-0.39, 0.29) is 5.78 Å². The van der Waals surface area contributed by atoms with Crippen molar-refractivity contribution in [2.45, 2.75) is 0 Å². The number of ketones is 1. The molecule has 26 heavy (non-hydrogen) atoms. The van der Waals surface area contributed by atoms with Gasteiger partial charge in [0.25, 0.3) is 11.8 Å². The second-order valence-corrected chi connectivity index (χ2v) is 6.89. The lowest BCUT2D eigenvalue weighted by molar-refractivity contribution is 0.0927. The average molecular weight is 361 g/mol. The molecular formula is C20H11NO4S. The minimum Gasteiger partial charge on any atom is -0.496 e. The average Bonchev–Trinajstić information content (AvgIpc) is 3.29. The number of rotatable bonds is 2. The van der Waals surface area contributed by atoms with Gasteiger partial charge in [-0.2, -0.15) is 0 Å². The van der Waals surface area contributed by atoms with Crippen molar-refractivity contribution in [3.63, 3.8) is 0 Å². The summed E-state index contributed by atoms with van der Waals surface area (Å²) in [6.45, 7) is 0. The van der Waals surface area contributed by atoms with Gasteiger partial charge in [0.05, 0.1) is 29.4 Å². The van der Waals surface area contributed by atoms with Crippen LogP contribution < -0.4 is 9.64 Å². The number of amides is 2. The maximum Gasteiger partial charge on any atom is 0.266 e. The Bertz CT molecular complexity index is 1110. The molecule has 0 saturated heterocycles. The number of hydrogen-bond acceptors (Lipinski definition) is 5. The molecule has 3 aromatic rings. The summed E-state index contributed by atoms with van der Waals surface area (Å²) in [6.07, 6.45) is 0. The first-order chi connectivity index (χ1) is 12.6. The van der Waals surface area contributed by atoms with E-state index in [0.717, 1.165) is 16.0 Å². The fraction of sp³-hybridized carbons (Fsp3) is 0.0500. The predicted molar refractivity (Wildman–Crippen MR) is 97.3 cm³/mol. The van der Waals surface area contributed by atoms with Crippen LogP contribution in [0.15, 0.2) is 47.8 Å². The summed E-state index contributed by atoms with van der Waals surface area (Å²) in [5.41, 5.74) is 3.10. The molecule has 1 aliphatic carbocycles. The number of nitrogens with zero attached hydrogens (tertiary/aromatic N) is 1. The van der Waals surface area contributed by atoms with E-state index in [1.54, 1.807) is 30.3 Å². The molecule has 6 heteroatoms. The molecule has 0 atom stereocenters. The SMILES string of the molecule is COc1cccc2c1C(=O)c1c-2csc1N1C(=O)c2ccccc2C1=O. The monoisotopic (exact) mass is 361 g/mol. The van der Waals surface area contributed by atoms with Gasteiger partial charge in [0.1, 0.15) is 10.8 Å². The molecule has 1 aliphatic heterocycles. The molecule has 0 spiro atoms. The maximum atomic E-state index is 13.1. The van der Waals surface area contributed by atoms with Crippen LogP contribution in [0.1, 0.15) is 36.6 Å². The molecule has 0 fully saturated rings. The second kappa shape index (κ2) is 5.12. The Labute approximate surface area is 152 Å². The summed E-state index contributed by atoms with van der Waals surface area (Å²) in [4.78, 5) is 39.8. The highest BCUT2D eigenvalue weighted by Crippen LogP contribution is 2.49. The number of hydrogen-bond donors (Lipinski definition) is 0. The zero-order valence-corrected chi connectivity index (χ0v) is 14.4. The minimum atomic E-state index is -0.397. The topological polar surface area (TPSA) is 63.7 Å². The molecule has 0 bridgehead atoms. The van der Waals surface area contributed by atoms with Gasteiger partial charge in [-0.1, -0.05) is 24.3 Å². The summed E-state index contributed by atoms with van der Waals surface area (Å²) >= 11 is 1.23. The number of thiophene rings is 1. The summed E-state index contributed by atoms with van der Waals surface area (Å²) in [5.74, 6) is -0.529. The van der Waals surface area contributed by atoms with Gasteiger partial charge in [0.2, 0.25) is 5.78 Å². The van der Waals surface area contributed by atoms with Crippen LogP contribution in [0.2, 0.25) is 0 Å². The molecule has 126 valence electrons. The van der Waals surface area contributed by atoms with E-state index in [9.17, 15) is 14.4 Å². The van der Waals surface area contributed by atoms with E-state index in [4.69, 9.17) is 4.74 Å². The Morgan fingerprint density at radius 1 is 0.808 bits per heavy atom. The minimum absolute atomic E-state index is 0.222. The second-order valence-electron chi connectivity index (χ2n) is 6.03. The molecule has 1 aromatic heterocycles. The van der Waals surface area contributed by atoms with Crippen LogP contribution >= 0.6 is 11.3 Å². The van der Waals surface area contributed by atoms with Crippen LogP contribution in [0.3, 0.4) is 0 Å². The third-order valence-corrected chi connectivity index (χ3v) is 5.72. The predicted octanol–water partition coefficient (Wildman–Crippen LogP) is 3.77. The molecule has 2 amide bonds. The fourth-order valence-corrected chi connectivity index (χ4v) is 4.65. The van der Waals surface area contributed by atoms with Gasteiger partial charge in [-0.3, -0.25) is 14.4 Å². The number of ether oxygens (including phenoxy) is 1. The number of carbonyl (C=O) groups excluding carboxylic acids is 3. The first-order valence-electron chi connectivity index (χ1n) is 7.95. The normalized spacial score (nSPS) is 14.5. The van der Waals surface area contributed by atoms with E-state index < -0.39 is 11.8 Å². The van der Waals surface area contributed by atoms with Crippen LogP contribution in [-0.4, -0.2) is 24.7 Å². The van der Waals surface area contributed by atoms with E-state index in [1.165, 1.54) is 18.4 Å². The highest BCUT2D eigenvalue weighted by molar-refractivity contribution is 7.15. The lowest BCUT2D eigenvalue weighted by Crippen LogP contribution is -2.29. The van der Waals surface area contributed by atoms with Crippen LogP contribution in [0.25, 0.3) is 11.1 Å². The Kier molecular flexibility index (Phi) is 2.96. The largest absolute Gasteiger partial charge is 0.496 e. The van der Waals surface area contributed by atoms with Gasteiger partial charge in [0.15, 0.2) is 0 Å². The summed E-state index contributed by atoms with van der Waals surface area (Å²) in [6, 6.07) is 12.1. The van der Waals surface area contributed by atoms with Gasteiger partial charge in [-0.15, -0.1) is 11.3 Å². The Morgan fingerprint density at radius 2 is 1.46 bits per heavy atom. The van der Waals surface area contributed by atoms with Gasteiger partial charge < -0.3 is 4.74 Å². The van der Waals surface area contributed by atoms with Gasteiger partial charge >= 0.3 is 0 Å². The van der Waals surface area contributed by atoms with Crippen molar-refractivity contribution in [2.24, 2.45) is 0 Å². The lowest BCUT2D eigenvalue weighted by atomic mass is 10.1. The van der Waals surface area contributed by atoms with Gasteiger partial charge in [-0.05, 0) is 23.8 Å². The van der Waals surface area contributed by atoms with Gasteiger partial charge in [-0.25, -0.2) is 4.90 Å². The van der Waals surface area contributed by atoms with E-state index in [1.807, 2.05) is 17.5 Å². The Balaban J connectivity index is 1.69. The van der Waals surface area contributed by atoms with Crippen molar-refractivity contribution < 1.29 is 19.1 Å². The summed E-state index contributed by atoms with van der Waals surface area (Å²) in [5, 5.41) is 2.19. The Hall–Kier alpha value is -3.25. The molecule has 5 nitrogen and oxygen atoms in total. The summed E-state index contributed by atoms with van der Waals surface area (Å²) in [7, 11) is 1.51. The number of imide groups is 1. The first kappa shape index (κ1) is 15.0. The maximum absolute atomic E-state index is 13.1. The number of benzene rings is 2. The lowest BCUT2D eigenvalue weighted by Gasteiger charge is -2.13. The third kappa shape index (κ3) is 1.71. The molecule has 0 saturated carbocycles. The number of carbonyl (C=O) groups is 3. The van der Waals surface area contributed by atoms with Crippen LogP contribution in [0.5, 0.6) is 5.75 Å². The van der Waals surface area contributed by atoms with Crippen molar-refractivity contribution in [2.75, 3.05) is 12.0 Å². The third-order valence-electron chi connectivity index (χ3n) is 4.76. The summed E-state index contributed by atoms with van der Waals surface area (Å²) < 4.78 is 5.32. The molecule has 0 unspecified atom stereocenters. The number of methoxy groups -OCH3 is 1. The highest BCUT2D eigenvalue weighted by Gasteiger charge is 2.42. The molecule has 2 heterocycles. The standard InChI is InChI=1S/C20H11NO4S/c1-25-14-8-4-7-10-13-9-26-20(16(13)17(22)15(10)14)21-18(23)11-5-2-3-6-12(11)19(21)24/h2-9H,1H3. The number of anilines is 1. The first-order valence-corrected chi connectivity index (χ1v) is 8.83. The van der Waals surface area contributed by atoms with Crippen LogP contribution in [0, 0.1) is 0 Å². The zero-order chi connectivity index (χ0) is 18.0. The molecule has 2 aliphatic rings. The molecule has 0 N–H and O–H groups in total. The van der Waals surface area contributed by atoms with Crippen molar-refractivity contribution in [3.05, 3.63) is 70.1 Å². The zero-order valence-electron chi connectivity index (χ0n) is 13.6. The molecule has 0 radical (unpaired) electrons. The van der Waals surface area contributed by atoms with Crippen molar-refractivity contribution in [1.82, 2.24) is 0 Å². The Morgan fingerprint density at radius 3 is 2.12 bits per heavy atom. The van der Waals surface area contributed by atoms with Crippen molar-refractivity contribution in [3.8, 4) is 16.9 Å². The smallest absolute Gasteiger partial charge is 0.266 e. The fourth-order valence-electron chi connectivity index (χ4n) is 3.59. The quantitative estimate of drug-likeness (QED) is 0.510. The van der Waals surface area contributed by atoms with Crippen LogP contribution in [-0.2, 0) is 0 Å². The van der Waals surface area contributed by atoms with Gasteiger partial charge in [0, 0.05) is 10.9 Å². The molecular weight excluding hydrogens is 350 g/mol. The van der Waals surface area contributed by atoms with Crippen molar-refractivity contribution in [1.29, 1.82) is 0 Å². The number of fused-ring (bicyclic) bond motifs is 4. The molecule has 2 aromatic carbocycles. The van der Waals surface area contributed by atoms with E-state index >= 15 is 0 Å². The van der Waals surface area contributed by atoms with Crippen molar-refractivity contribution >= 4 is 33.9 Å². The highest BCUT2D eigenvalue weighted by atomic mass is 32.1. The van der Waals surface area contributed by atoms with Crippen LogP contribution in [0.4, 0.5) is 5.00 Å². The van der Waals surface area contributed by atoms with E-state index in [0.29, 0.717) is 33.0 Å². The van der Waals surface area contributed by atoms with E-state index in [2.05, 4.69) is 0 Å². The molecule has 5 rings (SSSR count).